The van der Waals surface area contributed by atoms with Crippen LogP contribution in [0.5, 0.6) is 0 Å². The largest absolute Gasteiger partial charge is 0.446 e. The maximum absolute atomic E-state index is 11.7. The number of aromatic nitrogens is 2. The van der Waals surface area contributed by atoms with Gasteiger partial charge in [-0.15, -0.1) is 0 Å². The van der Waals surface area contributed by atoms with Crippen LogP contribution in [0.4, 0.5) is 16.3 Å². The van der Waals surface area contributed by atoms with Gasteiger partial charge >= 0.3 is 6.09 Å². The van der Waals surface area contributed by atoms with Crippen molar-refractivity contribution in [2.75, 3.05) is 12.4 Å². The molecule has 27 heavy (non-hydrogen) atoms. The number of alkyl carbamates (subject to hydrolysis) is 1. The minimum Gasteiger partial charge on any atom is -0.446 e. The fourth-order valence-corrected chi connectivity index (χ4v) is 5.40. The molecule has 2 atom stereocenters. The average molecular weight is 390 g/mol. The van der Waals surface area contributed by atoms with Crippen LogP contribution >= 0.6 is 0 Å². The number of nitrogens with zero attached hydrogens (tertiary/aromatic N) is 1. The summed E-state index contributed by atoms with van der Waals surface area (Å²) in [5.41, 5.74) is 3.54. The molecule has 2 aliphatic rings. The summed E-state index contributed by atoms with van der Waals surface area (Å²) in [7, 11) is -1.46. The zero-order chi connectivity index (χ0) is 19.0. The second kappa shape index (κ2) is 6.88. The summed E-state index contributed by atoms with van der Waals surface area (Å²) >= 11 is 0. The van der Waals surface area contributed by atoms with Gasteiger partial charge in [0.15, 0.2) is 15.7 Å². The molecule has 1 amide bonds. The van der Waals surface area contributed by atoms with Crippen molar-refractivity contribution >= 4 is 27.4 Å². The molecule has 0 saturated heterocycles. The molecule has 1 saturated carbocycles. The Bertz CT molecular complexity index is 969. The van der Waals surface area contributed by atoms with E-state index in [4.69, 9.17) is 4.74 Å². The maximum Gasteiger partial charge on any atom is 0.407 e. The zero-order valence-corrected chi connectivity index (χ0v) is 15.8. The Kier molecular flexibility index (Phi) is 4.55. The van der Waals surface area contributed by atoms with Crippen LogP contribution < -0.4 is 10.6 Å². The third-order valence-electron chi connectivity index (χ3n) is 5.13. The number of hydrogen-bond acceptors (Lipinski definition) is 6. The number of aromatic amines is 1. The van der Waals surface area contributed by atoms with E-state index in [0.717, 1.165) is 41.8 Å². The number of amides is 1. The highest BCUT2D eigenvalue weighted by molar-refractivity contribution is 7.90. The molecule has 2 aromatic rings. The summed E-state index contributed by atoms with van der Waals surface area (Å²) in [5.74, 6) is 1.17. The molecule has 0 bridgehead atoms. The Morgan fingerprint density at radius 3 is 2.85 bits per heavy atom. The number of benzene rings is 1. The molecule has 1 aromatic carbocycles. The van der Waals surface area contributed by atoms with Crippen molar-refractivity contribution in [2.45, 2.75) is 42.8 Å². The van der Waals surface area contributed by atoms with Crippen LogP contribution in [-0.2, 0) is 26.1 Å². The third kappa shape index (κ3) is 3.92. The normalized spacial score (nSPS) is 23.0. The molecule has 9 heteroatoms. The van der Waals surface area contributed by atoms with Crippen molar-refractivity contribution in [3.63, 3.8) is 0 Å². The quantitative estimate of drug-likeness (QED) is 0.739. The van der Waals surface area contributed by atoms with Crippen molar-refractivity contribution in [1.29, 1.82) is 0 Å². The molecule has 0 spiro atoms. The number of carbonyl (C=O) groups is 1. The average Bonchev–Trinajstić information content (AvgIpc) is 3.32. The highest BCUT2D eigenvalue weighted by Gasteiger charge is 2.30. The van der Waals surface area contributed by atoms with Crippen molar-refractivity contribution in [1.82, 2.24) is 15.5 Å². The molecule has 3 N–H and O–H groups in total. The van der Waals surface area contributed by atoms with Crippen molar-refractivity contribution < 1.29 is 17.9 Å². The molecule has 1 aliphatic heterocycles. The first kappa shape index (κ1) is 17.8. The maximum atomic E-state index is 11.7. The topological polar surface area (TPSA) is 113 Å². The number of hydrogen-bond donors (Lipinski definition) is 3. The number of H-pyrrole nitrogens is 1. The number of carbonyl (C=O) groups excluding carboxylic acids is 1. The molecule has 1 aliphatic carbocycles. The predicted octanol–water partition coefficient (Wildman–Crippen LogP) is 2.57. The molecule has 4 rings (SSSR count). The second-order valence-corrected chi connectivity index (χ2v) is 9.20. The summed E-state index contributed by atoms with van der Waals surface area (Å²) in [6, 6.07) is 7.55. The van der Waals surface area contributed by atoms with Gasteiger partial charge in [-0.2, -0.15) is 5.10 Å². The first-order valence-corrected chi connectivity index (χ1v) is 10.8. The SMILES string of the molecule is CNC(=O)O[C@H]1CC[C@@H](c2cc(Nc3ccc4c(c3)CS(=O)(=O)C4)n[nH]2)C1. The number of rotatable bonds is 4. The lowest BCUT2D eigenvalue weighted by Gasteiger charge is -2.11. The van der Waals surface area contributed by atoms with Crippen molar-refractivity contribution in [3.05, 3.63) is 41.1 Å². The summed E-state index contributed by atoms with van der Waals surface area (Å²) in [5, 5.41) is 13.1. The lowest BCUT2D eigenvalue weighted by atomic mass is 10.0. The number of sulfone groups is 1. The van der Waals surface area contributed by atoms with E-state index in [-0.39, 0.29) is 23.5 Å². The second-order valence-electron chi connectivity index (χ2n) is 7.14. The van der Waals surface area contributed by atoms with E-state index in [9.17, 15) is 13.2 Å². The lowest BCUT2D eigenvalue weighted by Crippen LogP contribution is -2.24. The monoisotopic (exact) mass is 390 g/mol. The molecular formula is C18H22N4O4S. The fourth-order valence-electron chi connectivity index (χ4n) is 3.80. The first-order chi connectivity index (χ1) is 12.9. The van der Waals surface area contributed by atoms with E-state index >= 15 is 0 Å². The molecule has 2 heterocycles. The Labute approximate surface area is 157 Å². The summed E-state index contributed by atoms with van der Waals surface area (Å²) in [6.45, 7) is 0. The van der Waals surface area contributed by atoms with Gasteiger partial charge in [0.2, 0.25) is 0 Å². The predicted molar refractivity (Wildman–Crippen MR) is 101 cm³/mol. The fraction of sp³-hybridized carbons (Fsp3) is 0.444. The molecule has 0 unspecified atom stereocenters. The number of ether oxygens (including phenoxy) is 1. The molecule has 0 radical (unpaired) electrons. The zero-order valence-electron chi connectivity index (χ0n) is 15.0. The Morgan fingerprint density at radius 2 is 2.04 bits per heavy atom. The smallest absolute Gasteiger partial charge is 0.407 e. The van der Waals surface area contributed by atoms with Gasteiger partial charge in [-0.1, -0.05) is 6.07 Å². The minimum atomic E-state index is -3.01. The molecule has 8 nitrogen and oxygen atoms in total. The van der Waals surface area contributed by atoms with Gasteiger partial charge < -0.3 is 15.4 Å². The van der Waals surface area contributed by atoms with Gasteiger partial charge in [-0.05, 0) is 42.5 Å². The number of anilines is 2. The summed E-state index contributed by atoms with van der Waals surface area (Å²) in [4.78, 5) is 11.3. The van der Waals surface area contributed by atoms with Gasteiger partial charge in [0.1, 0.15) is 6.10 Å². The van der Waals surface area contributed by atoms with Crippen LogP contribution in [0, 0.1) is 0 Å². The number of nitrogens with one attached hydrogen (secondary N) is 3. The van der Waals surface area contributed by atoms with Crippen LogP contribution in [0.1, 0.15) is 42.0 Å². The van der Waals surface area contributed by atoms with E-state index in [1.165, 1.54) is 0 Å². The lowest BCUT2D eigenvalue weighted by molar-refractivity contribution is 0.102. The Balaban J connectivity index is 1.40. The summed E-state index contributed by atoms with van der Waals surface area (Å²) < 4.78 is 28.8. The van der Waals surface area contributed by atoms with Gasteiger partial charge in [0, 0.05) is 30.4 Å². The highest BCUT2D eigenvalue weighted by atomic mass is 32.2. The van der Waals surface area contributed by atoms with E-state index in [0.29, 0.717) is 5.82 Å². The van der Waals surface area contributed by atoms with Crippen LogP contribution in [0.3, 0.4) is 0 Å². The molecule has 1 aromatic heterocycles. The molecule has 144 valence electrons. The number of fused-ring (bicyclic) bond motifs is 1. The van der Waals surface area contributed by atoms with E-state index < -0.39 is 15.9 Å². The van der Waals surface area contributed by atoms with Crippen LogP contribution in [0.25, 0.3) is 0 Å². The van der Waals surface area contributed by atoms with Gasteiger partial charge in [-0.25, -0.2) is 13.2 Å². The van der Waals surface area contributed by atoms with Gasteiger partial charge in [-0.3, -0.25) is 5.10 Å². The Morgan fingerprint density at radius 1 is 1.22 bits per heavy atom. The molecular weight excluding hydrogens is 368 g/mol. The van der Waals surface area contributed by atoms with E-state index in [1.54, 1.807) is 7.05 Å². The van der Waals surface area contributed by atoms with Crippen molar-refractivity contribution in [3.8, 4) is 0 Å². The first-order valence-electron chi connectivity index (χ1n) is 8.95. The molecule has 1 fully saturated rings. The third-order valence-corrected chi connectivity index (χ3v) is 6.63. The Hall–Kier alpha value is -2.55. The van der Waals surface area contributed by atoms with Crippen LogP contribution in [0.15, 0.2) is 24.3 Å². The minimum absolute atomic E-state index is 0.0756. The van der Waals surface area contributed by atoms with Gasteiger partial charge in [0.05, 0.1) is 11.5 Å². The van der Waals surface area contributed by atoms with Crippen LogP contribution in [-0.4, -0.2) is 37.9 Å². The highest BCUT2D eigenvalue weighted by Crippen LogP contribution is 2.36. The van der Waals surface area contributed by atoms with Crippen molar-refractivity contribution in [2.24, 2.45) is 0 Å². The van der Waals surface area contributed by atoms with E-state index in [1.807, 2.05) is 24.3 Å². The van der Waals surface area contributed by atoms with E-state index in [2.05, 4.69) is 20.8 Å². The standard InChI is InChI=1S/C18H22N4O4S/c1-19-18(23)26-15-5-3-11(7-15)16-8-17(22-21-16)20-14-4-2-12-9-27(24,25)10-13(12)6-14/h2,4,6,8,11,15H,3,5,7,9-10H2,1H3,(H,19,23)(H2,20,21,22)/t11-,15+/m1/s1. The van der Waals surface area contributed by atoms with Gasteiger partial charge in [0.25, 0.3) is 0 Å². The van der Waals surface area contributed by atoms with Crippen LogP contribution in [0.2, 0.25) is 0 Å². The summed E-state index contributed by atoms with van der Waals surface area (Å²) in [6.07, 6.45) is 2.06.